The highest BCUT2D eigenvalue weighted by atomic mass is 79.9. The maximum absolute atomic E-state index is 11.6. The largest absolute Gasteiger partial charge is 0.492 e. The molecule has 1 atom stereocenters. The van der Waals surface area contributed by atoms with E-state index in [2.05, 4.69) is 20.8 Å². The van der Waals surface area contributed by atoms with Gasteiger partial charge in [0.1, 0.15) is 18.4 Å². The molecule has 0 radical (unpaired) electrons. The molecule has 0 aliphatic carbocycles. The fourth-order valence-corrected chi connectivity index (χ4v) is 2.71. The van der Waals surface area contributed by atoms with Crippen molar-refractivity contribution in [2.24, 2.45) is 0 Å². The summed E-state index contributed by atoms with van der Waals surface area (Å²) in [6.07, 6.45) is 1.92. The number of hydrogen-bond acceptors (Lipinski definition) is 4. The summed E-state index contributed by atoms with van der Waals surface area (Å²) in [5.41, 5.74) is 0. The van der Waals surface area contributed by atoms with Crippen molar-refractivity contribution in [3.05, 3.63) is 28.7 Å². The van der Waals surface area contributed by atoms with Gasteiger partial charge in [-0.05, 0) is 37.6 Å². The number of nitrogens with zero attached hydrogens (tertiary/aromatic N) is 1. The molecule has 1 unspecified atom stereocenters. The van der Waals surface area contributed by atoms with Crippen molar-refractivity contribution in [1.29, 1.82) is 0 Å². The Morgan fingerprint density at radius 1 is 1.53 bits per heavy atom. The number of esters is 1. The van der Waals surface area contributed by atoms with Crippen molar-refractivity contribution in [3.8, 4) is 5.75 Å². The Bertz CT molecular complexity index is 438. The summed E-state index contributed by atoms with van der Waals surface area (Å²) >= 11 is 3.41. The van der Waals surface area contributed by atoms with Crippen molar-refractivity contribution < 1.29 is 14.3 Å². The molecule has 4 nitrogen and oxygen atoms in total. The Balaban J connectivity index is 1.80. The Morgan fingerprint density at radius 3 is 3.11 bits per heavy atom. The lowest BCUT2D eigenvalue weighted by Gasteiger charge is -2.22. The van der Waals surface area contributed by atoms with Gasteiger partial charge in [0, 0.05) is 11.0 Å². The average Bonchev–Trinajstić information content (AvgIpc) is 2.86. The smallest absolute Gasteiger partial charge is 0.323 e. The fourth-order valence-electron chi connectivity index (χ4n) is 2.33. The predicted octanol–water partition coefficient (Wildman–Crippen LogP) is 2.47. The molecular weight excluding hydrogens is 310 g/mol. The van der Waals surface area contributed by atoms with E-state index >= 15 is 0 Å². The molecule has 0 spiro atoms. The molecule has 0 saturated carbocycles. The van der Waals surface area contributed by atoms with Gasteiger partial charge < -0.3 is 9.47 Å². The Kier molecular flexibility index (Phi) is 5.22. The molecule has 1 heterocycles. The van der Waals surface area contributed by atoms with Crippen LogP contribution in [0.1, 0.15) is 12.8 Å². The maximum Gasteiger partial charge on any atom is 0.323 e. The van der Waals surface area contributed by atoms with Crippen LogP contribution in [-0.2, 0) is 9.53 Å². The monoisotopic (exact) mass is 327 g/mol. The standard InChI is InChI=1S/C14H18BrNO3/c1-18-14(17)13-6-3-7-16(13)8-9-19-12-5-2-4-11(15)10-12/h2,4-5,10,13H,3,6-9H2,1H3. The SMILES string of the molecule is COC(=O)C1CCCN1CCOc1cccc(Br)c1. The van der Waals surface area contributed by atoms with Gasteiger partial charge in [0.15, 0.2) is 0 Å². The van der Waals surface area contributed by atoms with E-state index in [-0.39, 0.29) is 12.0 Å². The summed E-state index contributed by atoms with van der Waals surface area (Å²) in [5.74, 6) is 0.697. The highest BCUT2D eigenvalue weighted by Gasteiger charge is 2.30. The molecule has 0 N–H and O–H groups in total. The molecular formula is C14H18BrNO3. The molecule has 5 heteroatoms. The van der Waals surface area contributed by atoms with E-state index in [1.165, 1.54) is 7.11 Å². The van der Waals surface area contributed by atoms with Crippen LogP contribution >= 0.6 is 15.9 Å². The summed E-state index contributed by atoms with van der Waals surface area (Å²) in [6, 6.07) is 7.65. The second-order valence-corrected chi connectivity index (χ2v) is 5.44. The third-order valence-corrected chi connectivity index (χ3v) is 3.77. The van der Waals surface area contributed by atoms with E-state index in [0.29, 0.717) is 6.61 Å². The number of likely N-dealkylation sites (tertiary alicyclic amines) is 1. The minimum atomic E-state index is -0.139. The molecule has 19 heavy (non-hydrogen) atoms. The van der Waals surface area contributed by atoms with Crippen molar-refractivity contribution in [3.63, 3.8) is 0 Å². The van der Waals surface area contributed by atoms with Crippen LogP contribution in [0.3, 0.4) is 0 Å². The lowest BCUT2D eigenvalue weighted by atomic mass is 10.2. The Hall–Kier alpha value is -1.07. The first-order valence-electron chi connectivity index (χ1n) is 6.41. The molecule has 0 bridgehead atoms. The molecule has 1 aliphatic rings. The van der Waals surface area contributed by atoms with Crippen LogP contribution in [0.15, 0.2) is 28.7 Å². The second kappa shape index (κ2) is 6.91. The van der Waals surface area contributed by atoms with E-state index in [4.69, 9.17) is 9.47 Å². The van der Waals surface area contributed by atoms with Crippen molar-refractivity contribution in [2.45, 2.75) is 18.9 Å². The number of benzene rings is 1. The normalized spacial score (nSPS) is 19.4. The van der Waals surface area contributed by atoms with Gasteiger partial charge in [-0.1, -0.05) is 22.0 Å². The number of carbonyl (C=O) groups excluding carboxylic acids is 1. The molecule has 0 aromatic heterocycles. The number of hydrogen-bond donors (Lipinski definition) is 0. The van der Waals surface area contributed by atoms with Gasteiger partial charge in [0.05, 0.1) is 7.11 Å². The number of methoxy groups -OCH3 is 1. The lowest BCUT2D eigenvalue weighted by molar-refractivity contribution is -0.145. The number of rotatable bonds is 5. The first kappa shape index (κ1) is 14.3. The third kappa shape index (κ3) is 3.94. The number of carbonyl (C=O) groups is 1. The summed E-state index contributed by atoms with van der Waals surface area (Å²) in [4.78, 5) is 13.7. The average molecular weight is 328 g/mol. The highest BCUT2D eigenvalue weighted by Crippen LogP contribution is 2.20. The summed E-state index contributed by atoms with van der Waals surface area (Å²) < 4.78 is 11.5. The van der Waals surface area contributed by atoms with Crippen LogP contribution in [0.4, 0.5) is 0 Å². The Labute approximate surface area is 121 Å². The molecule has 0 amide bonds. The van der Waals surface area contributed by atoms with Gasteiger partial charge in [0.2, 0.25) is 0 Å². The van der Waals surface area contributed by atoms with Crippen molar-refractivity contribution in [2.75, 3.05) is 26.8 Å². The minimum Gasteiger partial charge on any atom is -0.492 e. The van der Waals surface area contributed by atoms with Crippen LogP contribution < -0.4 is 4.74 Å². The van der Waals surface area contributed by atoms with Crippen LogP contribution in [0.5, 0.6) is 5.75 Å². The van der Waals surface area contributed by atoms with E-state index in [9.17, 15) is 4.79 Å². The third-order valence-electron chi connectivity index (χ3n) is 3.28. The molecule has 1 saturated heterocycles. The predicted molar refractivity (Wildman–Crippen MR) is 76.2 cm³/mol. The molecule has 2 rings (SSSR count). The van der Waals surface area contributed by atoms with Crippen molar-refractivity contribution >= 4 is 21.9 Å². The first-order valence-corrected chi connectivity index (χ1v) is 7.20. The highest BCUT2D eigenvalue weighted by molar-refractivity contribution is 9.10. The van der Waals surface area contributed by atoms with Gasteiger partial charge in [-0.3, -0.25) is 9.69 Å². The van der Waals surface area contributed by atoms with Gasteiger partial charge >= 0.3 is 5.97 Å². The zero-order valence-electron chi connectivity index (χ0n) is 11.0. The molecule has 1 aromatic carbocycles. The van der Waals surface area contributed by atoms with Gasteiger partial charge in [-0.2, -0.15) is 0 Å². The Morgan fingerprint density at radius 2 is 2.37 bits per heavy atom. The molecule has 1 aromatic rings. The number of halogens is 1. The van der Waals surface area contributed by atoms with Gasteiger partial charge in [-0.25, -0.2) is 0 Å². The topological polar surface area (TPSA) is 38.8 Å². The minimum absolute atomic E-state index is 0.101. The lowest BCUT2D eigenvalue weighted by Crippen LogP contribution is -2.39. The quantitative estimate of drug-likeness (QED) is 0.779. The van der Waals surface area contributed by atoms with E-state index in [1.54, 1.807) is 0 Å². The van der Waals surface area contributed by atoms with Crippen LogP contribution in [0.25, 0.3) is 0 Å². The molecule has 1 fully saturated rings. The molecule has 104 valence electrons. The van der Waals surface area contributed by atoms with Crippen LogP contribution in [0.2, 0.25) is 0 Å². The van der Waals surface area contributed by atoms with Gasteiger partial charge in [0.25, 0.3) is 0 Å². The zero-order valence-corrected chi connectivity index (χ0v) is 12.6. The molecule has 1 aliphatic heterocycles. The zero-order chi connectivity index (χ0) is 13.7. The van der Waals surface area contributed by atoms with Gasteiger partial charge in [-0.15, -0.1) is 0 Å². The fraction of sp³-hybridized carbons (Fsp3) is 0.500. The second-order valence-electron chi connectivity index (χ2n) is 4.52. The summed E-state index contributed by atoms with van der Waals surface area (Å²) in [7, 11) is 1.44. The maximum atomic E-state index is 11.6. The van der Waals surface area contributed by atoms with E-state index in [1.807, 2.05) is 24.3 Å². The van der Waals surface area contributed by atoms with E-state index < -0.39 is 0 Å². The summed E-state index contributed by atoms with van der Waals surface area (Å²) in [6.45, 7) is 2.25. The van der Waals surface area contributed by atoms with Crippen molar-refractivity contribution in [1.82, 2.24) is 4.90 Å². The number of ether oxygens (including phenoxy) is 2. The van der Waals surface area contributed by atoms with Crippen LogP contribution in [0, 0.1) is 0 Å². The first-order chi connectivity index (χ1) is 9.20. The van der Waals surface area contributed by atoms with E-state index in [0.717, 1.165) is 36.2 Å². The van der Waals surface area contributed by atoms with Crippen LogP contribution in [-0.4, -0.2) is 43.7 Å². The summed E-state index contributed by atoms with van der Waals surface area (Å²) in [5, 5.41) is 0.